The van der Waals surface area contributed by atoms with Crippen molar-refractivity contribution in [3.8, 4) is 5.75 Å². The van der Waals surface area contributed by atoms with Crippen LogP contribution in [0.3, 0.4) is 0 Å². The molecule has 1 amide bonds. The smallest absolute Gasteiger partial charge is 0.268 e. The molecule has 1 aliphatic heterocycles. The zero-order valence-electron chi connectivity index (χ0n) is 12.0. The van der Waals surface area contributed by atoms with Crippen LogP contribution < -0.4 is 9.64 Å². The number of ether oxygens (including phenoxy) is 1. The monoisotopic (exact) mass is 285 g/mol. The molecule has 3 rings (SSSR count). The number of rotatable bonds is 2. The molecule has 0 unspecified atom stereocenters. The molecule has 0 spiro atoms. The summed E-state index contributed by atoms with van der Waals surface area (Å²) in [6.07, 6.45) is -0.534. The van der Waals surface area contributed by atoms with Gasteiger partial charge in [0.2, 0.25) is 0 Å². The third kappa shape index (κ3) is 2.61. The Morgan fingerprint density at radius 1 is 1.24 bits per heavy atom. The number of fused-ring (bicyclic) bond motifs is 1. The molecule has 3 nitrogen and oxygen atoms in total. The van der Waals surface area contributed by atoms with Gasteiger partial charge in [0.15, 0.2) is 6.10 Å². The van der Waals surface area contributed by atoms with Crippen LogP contribution in [-0.4, -0.2) is 12.0 Å². The summed E-state index contributed by atoms with van der Waals surface area (Å²) in [7, 11) is 0. The highest BCUT2D eigenvalue weighted by Gasteiger charge is 2.31. The van der Waals surface area contributed by atoms with Gasteiger partial charge in [0.05, 0.1) is 12.2 Å². The number of carbonyl (C=O) groups excluding carboxylic acids is 1. The van der Waals surface area contributed by atoms with E-state index in [-0.39, 0.29) is 11.7 Å². The van der Waals surface area contributed by atoms with Crippen LogP contribution in [0.15, 0.2) is 42.5 Å². The molecule has 0 aliphatic carbocycles. The topological polar surface area (TPSA) is 29.5 Å². The second-order valence-electron chi connectivity index (χ2n) is 5.29. The van der Waals surface area contributed by atoms with Crippen LogP contribution in [0.25, 0.3) is 0 Å². The first-order valence-corrected chi connectivity index (χ1v) is 6.88. The van der Waals surface area contributed by atoms with Crippen molar-refractivity contribution in [2.45, 2.75) is 26.5 Å². The fourth-order valence-corrected chi connectivity index (χ4v) is 2.50. The molecule has 2 aromatic carbocycles. The molecule has 0 saturated heterocycles. The molecule has 4 heteroatoms. The summed E-state index contributed by atoms with van der Waals surface area (Å²) in [6, 6.07) is 12.0. The predicted octanol–water partition coefficient (Wildman–Crippen LogP) is 3.45. The molecular weight excluding hydrogens is 269 g/mol. The molecule has 0 fully saturated rings. The van der Waals surface area contributed by atoms with Crippen molar-refractivity contribution in [2.75, 3.05) is 4.90 Å². The summed E-state index contributed by atoms with van der Waals surface area (Å²) in [6.45, 7) is 4.02. The van der Waals surface area contributed by atoms with E-state index in [2.05, 4.69) is 0 Å². The summed E-state index contributed by atoms with van der Waals surface area (Å²) >= 11 is 0. The van der Waals surface area contributed by atoms with Crippen LogP contribution in [0.5, 0.6) is 5.75 Å². The van der Waals surface area contributed by atoms with E-state index in [0.29, 0.717) is 12.3 Å². The first-order valence-electron chi connectivity index (χ1n) is 6.88. The molecule has 2 aromatic rings. The fraction of sp³-hybridized carbons (Fsp3) is 0.235. The molecule has 0 radical (unpaired) electrons. The van der Waals surface area contributed by atoms with E-state index in [4.69, 9.17) is 4.74 Å². The van der Waals surface area contributed by atoms with Gasteiger partial charge in [-0.25, -0.2) is 4.39 Å². The maximum atomic E-state index is 13.3. The van der Waals surface area contributed by atoms with E-state index in [1.165, 1.54) is 12.1 Å². The van der Waals surface area contributed by atoms with Crippen molar-refractivity contribution in [2.24, 2.45) is 0 Å². The normalized spacial score (nSPS) is 17.4. The van der Waals surface area contributed by atoms with E-state index in [9.17, 15) is 9.18 Å². The van der Waals surface area contributed by atoms with Gasteiger partial charge in [-0.2, -0.15) is 0 Å². The standard InChI is InChI=1S/C17H16FNO2/c1-11-6-7-16-15(8-11)19(17(20)12(2)21-16)10-13-4-3-5-14(18)9-13/h3-9,12H,10H2,1-2H3/t12-/m1/s1. The first-order chi connectivity index (χ1) is 10.0. The number of benzene rings is 2. The molecule has 0 saturated carbocycles. The van der Waals surface area contributed by atoms with E-state index in [1.54, 1.807) is 17.9 Å². The summed E-state index contributed by atoms with van der Waals surface area (Å²) in [5.41, 5.74) is 2.54. The Labute approximate surface area is 123 Å². The Morgan fingerprint density at radius 3 is 2.81 bits per heavy atom. The Bertz CT molecular complexity index is 699. The Kier molecular flexibility index (Phi) is 3.37. The van der Waals surface area contributed by atoms with Crippen molar-refractivity contribution in [3.63, 3.8) is 0 Å². The third-order valence-corrected chi connectivity index (χ3v) is 3.55. The van der Waals surface area contributed by atoms with Gasteiger partial charge in [-0.1, -0.05) is 18.2 Å². The highest BCUT2D eigenvalue weighted by atomic mass is 19.1. The molecule has 0 N–H and O–H groups in total. The molecule has 1 atom stereocenters. The molecule has 108 valence electrons. The largest absolute Gasteiger partial charge is 0.479 e. The van der Waals surface area contributed by atoms with E-state index >= 15 is 0 Å². The number of aryl methyl sites for hydroxylation is 1. The van der Waals surface area contributed by atoms with Crippen molar-refractivity contribution >= 4 is 11.6 Å². The van der Waals surface area contributed by atoms with Crippen LogP contribution in [0, 0.1) is 12.7 Å². The van der Waals surface area contributed by atoms with Crippen molar-refractivity contribution in [3.05, 3.63) is 59.4 Å². The molecule has 1 heterocycles. The maximum Gasteiger partial charge on any atom is 0.268 e. The summed E-state index contributed by atoms with van der Waals surface area (Å²) in [4.78, 5) is 14.1. The summed E-state index contributed by atoms with van der Waals surface area (Å²) < 4.78 is 19.0. The zero-order valence-corrected chi connectivity index (χ0v) is 12.0. The lowest BCUT2D eigenvalue weighted by Gasteiger charge is -2.33. The fourth-order valence-electron chi connectivity index (χ4n) is 2.50. The minimum Gasteiger partial charge on any atom is -0.479 e. The maximum absolute atomic E-state index is 13.3. The molecule has 21 heavy (non-hydrogen) atoms. The minimum absolute atomic E-state index is 0.114. The number of halogens is 1. The average molecular weight is 285 g/mol. The Morgan fingerprint density at radius 2 is 2.05 bits per heavy atom. The lowest BCUT2D eigenvalue weighted by atomic mass is 10.1. The van der Waals surface area contributed by atoms with Crippen LogP contribution >= 0.6 is 0 Å². The van der Waals surface area contributed by atoms with Crippen LogP contribution in [0.4, 0.5) is 10.1 Å². The number of carbonyl (C=O) groups is 1. The van der Waals surface area contributed by atoms with Crippen molar-refractivity contribution < 1.29 is 13.9 Å². The predicted molar refractivity (Wildman–Crippen MR) is 78.9 cm³/mol. The van der Waals surface area contributed by atoms with Gasteiger partial charge in [-0.3, -0.25) is 4.79 Å². The number of hydrogen-bond acceptors (Lipinski definition) is 2. The third-order valence-electron chi connectivity index (χ3n) is 3.55. The Hall–Kier alpha value is -2.36. The van der Waals surface area contributed by atoms with Gasteiger partial charge in [-0.15, -0.1) is 0 Å². The second kappa shape index (κ2) is 5.20. The van der Waals surface area contributed by atoms with Gasteiger partial charge < -0.3 is 9.64 Å². The van der Waals surface area contributed by atoms with E-state index in [1.807, 2.05) is 31.2 Å². The van der Waals surface area contributed by atoms with Gasteiger partial charge >= 0.3 is 0 Å². The first kappa shape index (κ1) is 13.6. The van der Waals surface area contributed by atoms with Crippen LogP contribution in [0.2, 0.25) is 0 Å². The number of hydrogen-bond donors (Lipinski definition) is 0. The van der Waals surface area contributed by atoms with E-state index in [0.717, 1.165) is 16.8 Å². The highest BCUT2D eigenvalue weighted by Crippen LogP contribution is 2.35. The SMILES string of the molecule is Cc1ccc2c(c1)N(Cc1cccc(F)c1)C(=O)[C@@H](C)O2. The summed E-state index contributed by atoms with van der Waals surface area (Å²) in [5, 5.41) is 0. The molecule has 1 aliphatic rings. The highest BCUT2D eigenvalue weighted by molar-refractivity contribution is 5.99. The van der Waals surface area contributed by atoms with Gasteiger partial charge in [0.25, 0.3) is 5.91 Å². The van der Waals surface area contributed by atoms with Crippen LogP contribution in [-0.2, 0) is 11.3 Å². The van der Waals surface area contributed by atoms with Gasteiger partial charge in [-0.05, 0) is 49.2 Å². The Balaban J connectivity index is 2.00. The lowest BCUT2D eigenvalue weighted by Crippen LogP contribution is -2.44. The van der Waals surface area contributed by atoms with Gasteiger partial charge in [0.1, 0.15) is 11.6 Å². The van der Waals surface area contributed by atoms with Crippen LogP contribution in [0.1, 0.15) is 18.1 Å². The summed E-state index contributed by atoms with van der Waals surface area (Å²) in [5.74, 6) is 0.271. The molecular formula is C17H16FNO2. The second-order valence-corrected chi connectivity index (χ2v) is 5.29. The lowest BCUT2D eigenvalue weighted by molar-refractivity contribution is -0.125. The van der Waals surface area contributed by atoms with Crippen molar-refractivity contribution in [1.82, 2.24) is 0 Å². The number of amides is 1. The quantitative estimate of drug-likeness (QED) is 0.846. The average Bonchev–Trinajstić information content (AvgIpc) is 2.45. The van der Waals surface area contributed by atoms with E-state index < -0.39 is 6.10 Å². The zero-order chi connectivity index (χ0) is 15.0. The minimum atomic E-state index is -0.534. The number of nitrogens with zero attached hydrogens (tertiary/aromatic N) is 1. The molecule has 0 bridgehead atoms. The van der Waals surface area contributed by atoms with Gasteiger partial charge in [0, 0.05) is 0 Å². The molecule has 0 aromatic heterocycles. The van der Waals surface area contributed by atoms with Crippen molar-refractivity contribution in [1.29, 1.82) is 0 Å². The number of anilines is 1.